The Morgan fingerprint density at radius 3 is 2.84 bits per heavy atom. The van der Waals surface area contributed by atoms with E-state index in [1.165, 1.54) is 11.5 Å². The summed E-state index contributed by atoms with van der Waals surface area (Å²) in [7, 11) is 0. The number of anilines is 2. The first kappa shape index (κ1) is 13.8. The molecule has 2 heterocycles. The lowest BCUT2D eigenvalue weighted by Crippen LogP contribution is -2.06. The first-order chi connectivity index (χ1) is 9.18. The van der Waals surface area contributed by atoms with Gasteiger partial charge in [0, 0.05) is 18.9 Å². The Labute approximate surface area is 116 Å². The van der Waals surface area contributed by atoms with E-state index in [2.05, 4.69) is 14.7 Å². The maximum atomic E-state index is 9.22. The zero-order valence-electron chi connectivity index (χ0n) is 10.8. The lowest BCUT2D eigenvalue weighted by atomic mass is 10.1. The molecule has 0 amide bonds. The summed E-state index contributed by atoms with van der Waals surface area (Å²) in [6, 6.07) is 3.84. The highest BCUT2D eigenvalue weighted by Crippen LogP contribution is 2.36. The molecule has 0 bridgehead atoms. The van der Waals surface area contributed by atoms with Crippen molar-refractivity contribution in [3.8, 4) is 11.1 Å². The summed E-state index contributed by atoms with van der Waals surface area (Å²) in [5, 5.41) is 13.5. The second-order valence-corrected chi connectivity index (χ2v) is 5.20. The monoisotopic (exact) mass is 278 g/mol. The topological polar surface area (TPSA) is 84.1 Å². The average molecular weight is 278 g/mol. The van der Waals surface area contributed by atoms with Crippen molar-refractivity contribution in [1.82, 2.24) is 9.36 Å². The van der Waals surface area contributed by atoms with Crippen molar-refractivity contribution >= 4 is 22.4 Å². The van der Waals surface area contributed by atoms with Gasteiger partial charge < -0.3 is 16.2 Å². The number of aliphatic hydroxyl groups excluding tert-OH is 1. The first-order valence-corrected chi connectivity index (χ1v) is 7.03. The van der Waals surface area contributed by atoms with Gasteiger partial charge in [-0.25, -0.2) is 0 Å². The fourth-order valence-electron chi connectivity index (χ4n) is 1.82. The van der Waals surface area contributed by atoms with Gasteiger partial charge in [-0.3, -0.25) is 4.98 Å². The number of nitrogens with two attached hydrogens (primary N) is 1. The molecule has 4 N–H and O–H groups in total. The minimum atomic E-state index is -0.256. The number of hydrogen-bond acceptors (Lipinski definition) is 6. The number of pyridine rings is 1. The predicted octanol–water partition coefficient (Wildman–Crippen LogP) is 2.36. The summed E-state index contributed by atoms with van der Waals surface area (Å²) in [5.74, 6) is 0.536. The number of aliphatic hydroxyl groups is 1. The van der Waals surface area contributed by atoms with E-state index in [1.54, 1.807) is 19.3 Å². The van der Waals surface area contributed by atoms with E-state index >= 15 is 0 Å². The van der Waals surface area contributed by atoms with Gasteiger partial charge in [0.25, 0.3) is 0 Å². The van der Waals surface area contributed by atoms with Gasteiger partial charge in [-0.1, -0.05) is 0 Å². The second kappa shape index (κ2) is 6.49. The molecule has 2 aromatic heterocycles. The van der Waals surface area contributed by atoms with Crippen molar-refractivity contribution < 1.29 is 5.11 Å². The average Bonchev–Trinajstić information content (AvgIpc) is 2.77. The van der Waals surface area contributed by atoms with Crippen LogP contribution < -0.4 is 11.1 Å². The van der Waals surface area contributed by atoms with E-state index in [4.69, 9.17) is 5.73 Å². The molecule has 2 aromatic rings. The van der Waals surface area contributed by atoms with Gasteiger partial charge in [-0.15, -0.1) is 0 Å². The molecule has 0 saturated carbocycles. The van der Waals surface area contributed by atoms with Gasteiger partial charge in [-0.2, -0.15) is 4.37 Å². The van der Waals surface area contributed by atoms with Crippen LogP contribution in [0.1, 0.15) is 19.8 Å². The highest BCUT2D eigenvalue weighted by molar-refractivity contribution is 7.11. The molecule has 0 fully saturated rings. The summed E-state index contributed by atoms with van der Waals surface area (Å²) in [5.41, 5.74) is 7.87. The third kappa shape index (κ3) is 3.65. The van der Waals surface area contributed by atoms with Crippen molar-refractivity contribution in [2.75, 3.05) is 17.6 Å². The van der Waals surface area contributed by atoms with Crippen molar-refractivity contribution in [3.63, 3.8) is 0 Å². The molecule has 0 aliphatic rings. The van der Waals surface area contributed by atoms with Crippen LogP contribution in [-0.4, -0.2) is 27.1 Å². The van der Waals surface area contributed by atoms with Crippen LogP contribution in [0.25, 0.3) is 11.1 Å². The van der Waals surface area contributed by atoms with Crippen LogP contribution in [0.4, 0.5) is 10.8 Å². The van der Waals surface area contributed by atoms with Gasteiger partial charge in [0.1, 0.15) is 10.8 Å². The Balaban J connectivity index is 2.06. The van der Waals surface area contributed by atoms with E-state index in [0.29, 0.717) is 5.82 Å². The van der Waals surface area contributed by atoms with Crippen LogP contribution >= 0.6 is 11.5 Å². The summed E-state index contributed by atoms with van der Waals surface area (Å²) in [6.07, 6.45) is 4.91. The number of nitrogen functional groups attached to an aromatic ring is 1. The fourth-order valence-corrected chi connectivity index (χ4v) is 2.58. The highest BCUT2D eigenvalue weighted by Gasteiger charge is 2.13. The second-order valence-electron chi connectivity index (χ2n) is 4.43. The Kier molecular flexibility index (Phi) is 4.70. The minimum absolute atomic E-state index is 0.256. The smallest absolute Gasteiger partial charge is 0.147 e. The third-order valence-electron chi connectivity index (χ3n) is 2.77. The minimum Gasteiger partial charge on any atom is -0.393 e. The van der Waals surface area contributed by atoms with Gasteiger partial charge >= 0.3 is 0 Å². The molecule has 0 spiro atoms. The Bertz CT molecular complexity index is 513. The van der Waals surface area contributed by atoms with Gasteiger partial charge in [0.15, 0.2) is 0 Å². The van der Waals surface area contributed by atoms with Crippen LogP contribution in [0.5, 0.6) is 0 Å². The molecule has 6 heteroatoms. The van der Waals surface area contributed by atoms with Crippen molar-refractivity contribution in [1.29, 1.82) is 0 Å². The normalized spacial score (nSPS) is 12.3. The van der Waals surface area contributed by atoms with E-state index in [-0.39, 0.29) is 6.10 Å². The highest BCUT2D eigenvalue weighted by atomic mass is 32.1. The molecule has 2 rings (SSSR count). The standard InChI is InChI=1S/C13H18N4OS/c1-9(18)3-2-6-16-13-11(12(14)17-19-13)10-4-7-15-8-5-10/h4-5,7-9,16,18H,2-3,6H2,1H3,(H2,14,17). The molecule has 1 atom stereocenters. The molecule has 5 nitrogen and oxygen atoms in total. The third-order valence-corrected chi connectivity index (χ3v) is 3.59. The molecule has 0 saturated heterocycles. The lowest BCUT2D eigenvalue weighted by Gasteiger charge is -2.08. The molecule has 0 aliphatic carbocycles. The Hall–Kier alpha value is -1.66. The van der Waals surface area contributed by atoms with Crippen molar-refractivity contribution in [2.45, 2.75) is 25.9 Å². The predicted molar refractivity (Wildman–Crippen MR) is 79.2 cm³/mol. The fraction of sp³-hybridized carbons (Fsp3) is 0.385. The Morgan fingerprint density at radius 1 is 1.42 bits per heavy atom. The van der Waals surface area contributed by atoms with Crippen LogP contribution in [-0.2, 0) is 0 Å². The largest absolute Gasteiger partial charge is 0.393 e. The van der Waals surface area contributed by atoms with E-state index < -0.39 is 0 Å². The number of aromatic nitrogens is 2. The molecular formula is C13H18N4OS. The summed E-state index contributed by atoms with van der Waals surface area (Å²) < 4.78 is 4.19. The van der Waals surface area contributed by atoms with Gasteiger partial charge in [0.2, 0.25) is 0 Å². The summed E-state index contributed by atoms with van der Waals surface area (Å²) in [4.78, 5) is 4.00. The van der Waals surface area contributed by atoms with Gasteiger partial charge in [0.05, 0.1) is 11.7 Å². The van der Waals surface area contributed by atoms with Crippen LogP contribution in [0, 0.1) is 0 Å². The summed E-state index contributed by atoms with van der Waals surface area (Å²) >= 11 is 1.36. The number of rotatable bonds is 6. The number of nitrogens with zero attached hydrogens (tertiary/aromatic N) is 2. The molecule has 1 unspecified atom stereocenters. The molecule has 102 valence electrons. The van der Waals surface area contributed by atoms with Crippen LogP contribution in [0.15, 0.2) is 24.5 Å². The zero-order valence-corrected chi connectivity index (χ0v) is 11.7. The Morgan fingerprint density at radius 2 is 2.16 bits per heavy atom. The van der Waals surface area contributed by atoms with Crippen LogP contribution in [0.3, 0.4) is 0 Å². The lowest BCUT2D eigenvalue weighted by molar-refractivity contribution is 0.183. The molecule has 0 radical (unpaired) electrons. The maximum absolute atomic E-state index is 9.22. The molecule has 19 heavy (non-hydrogen) atoms. The van der Waals surface area contributed by atoms with Crippen molar-refractivity contribution in [3.05, 3.63) is 24.5 Å². The number of nitrogens with one attached hydrogen (secondary N) is 1. The molecular weight excluding hydrogens is 260 g/mol. The zero-order chi connectivity index (χ0) is 13.7. The van der Waals surface area contributed by atoms with E-state index in [0.717, 1.165) is 35.5 Å². The molecule has 0 aromatic carbocycles. The summed E-state index contributed by atoms with van der Waals surface area (Å²) in [6.45, 7) is 2.59. The van der Waals surface area contributed by atoms with Gasteiger partial charge in [-0.05, 0) is 49.0 Å². The quantitative estimate of drug-likeness (QED) is 0.706. The first-order valence-electron chi connectivity index (χ1n) is 6.26. The van der Waals surface area contributed by atoms with Crippen molar-refractivity contribution in [2.24, 2.45) is 0 Å². The maximum Gasteiger partial charge on any atom is 0.147 e. The van der Waals surface area contributed by atoms with E-state index in [1.807, 2.05) is 12.1 Å². The SMILES string of the molecule is CC(O)CCCNc1snc(N)c1-c1ccncc1. The number of hydrogen-bond donors (Lipinski definition) is 3. The van der Waals surface area contributed by atoms with E-state index in [9.17, 15) is 5.11 Å². The molecule has 0 aliphatic heterocycles. The van der Waals surface area contributed by atoms with Crippen LogP contribution in [0.2, 0.25) is 0 Å².